The fourth-order valence-corrected chi connectivity index (χ4v) is 2.81. The van der Waals surface area contributed by atoms with Crippen molar-refractivity contribution in [2.75, 3.05) is 0 Å². The van der Waals surface area contributed by atoms with E-state index in [9.17, 15) is 5.11 Å². The lowest BCUT2D eigenvalue weighted by atomic mass is 9.62. The Morgan fingerprint density at radius 3 is 3.00 bits per heavy atom. The Morgan fingerprint density at radius 2 is 2.36 bits per heavy atom. The van der Waals surface area contributed by atoms with Gasteiger partial charge in [0.25, 0.3) is 0 Å². The van der Waals surface area contributed by atoms with Crippen molar-refractivity contribution in [3.8, 4) is 12.3 Å². The van der Waals surface area contributed by atoms with E-state index in [4.69, 9.17) is 6.42 Å². The van der Waals surface area contributed by atoms with Crippen LogP contribution < -0.4 is 0 Å². The number of terminal acetylenes is 1. The molecule has 0 bridgehead atoms. The van der Waals surface area contributed by atoms with Crippen LogP contribution in [0, 0.1) is 24.2 Å². The van der Waals surface area contributed by atoms with E-state index in [1.54, 1.807) is 0 Å². The monoisotopic (exact) mass is 150 g/mol. The Labute approximate surface area is 67.8 Å². The molecule has 3 atom stereocenters. The third-order valence-corrected chi connectivity index (χ3v) is 3.37. The average molecular weight is 150 g/mol. The van der Waals surface area contributed by atoms with Gasteiger partial charge in [-0.2, -0.15) is 0 Å². The molecular formula is C10H14O. The Hall–Kier alpha value is -0.480. The van der Waals surface area contributed by atoms with E-state index in [0.29, 0.717) is 12.3 Å². The quantitative estimate of drug-likeness (QED) is 0.562. The minimum Gasteiger partial charge on any atom is -0.389 e. The van der Waals surface area contributed by atoms with Gasteiger partial charge in [-0.1, -0.05) is 6.42 Å². The van der Waals surface area contributed by atoms with Crippen molar-refractivity contribution in [2.24, 2.45) is 11.8 Å². The summed E-state index contributed by atoms with van der Waals surface area (Å²) >= 11 is 0. The van der Waals surface area contributed by atoms with Gasteiger partial charge in [-0.3, -0.25) is 0 Å². The van der Waals surface area contributed by atoms with E-state index in [0.717, 1.165) is 12.3 Å². The van der Waals surface area contributed by atoms with Gasteiger partial charge in [0.1, 0.15) is 0 Å². The van der Waals surface area contributed by atoms with Crippen LogP contribution in [0.3, 0.4) is 0 Å². The summed E-state index contributed by atoms with van der Waals surface area (Å²) < 4.78 is 0. The maximum Gasteiger partial charge on any atom is 0.0789 e. The summed E-state index contributed by atoms with van der Waals surface area (Å²) in [6.45, 7) is 0. The number of aliphatic hydroxyl groups is 1. The minimum atomic E-state index is -0.462. The van der Waals surface area contributed by atoms with Gasteiger partial charge in [-0.25, -0.2) is 0 Å². The largest absolute Gasteiger partial charge is 0.389 e. The highest BCUT2D eigenvalue weighted by Gasteiger charge is 2.53. The zero-order valence-electron chi connectivity index (χ0n) is 6.71. The van der Waals surface area contributed by atoms with Crippen LogP contribution in [0.5, 0.6) is 0 Å². The second-order valence-electron chi connectivity index (χ2n) is 3.99. The van der Waals surface area contributed by atoms with E-state index < -0.39 is 5.60 Å². The summed E-state index contributed by atoms with van der Waals surface area (Å²) in [5, 5.41) is 9.94. The first-order valence-corrected chi connectivity index (χ1v) is 4.42. The van der Waals surface area contributed by atoms with Crippen LogP contribution >= 0.6 is 0 Å². The molecule has 1 nitrogen and oxygen atoms in total. The van der Waals surface area contributed by atoms with Crippen molar-refractivity contribution in [1.82, 2.24) is 0 Å². The number of fused-ring (bicyclic) bond motifs is 1. The predicted octanol–water partition coefficient (Wildman–Crippen LogP) is 1.56. The lowest BCUT2D eigenvalue weighted by Gasteiger charge is -2.48. The van der Waals surface area contributed by atoms with Crippen molar-refractivity contribution < 1.29 is 5.11 Å². The molecule has 2 aliphatic rings. The van der Waals surface area contributed by atoms with Gasteiger partial charge in [0.05, 0.1) is 5.60 Å². The van der Waals surface area contributed by atoms with Gasteiger partial charge in [-0.15, -0.1) is 12.3 Å². The topological polar surface area (TPSA) is 20.2 Å². The third-order valence-electron chi connectivity index (χ3n) is 3.37. The molecule has 2 rings (SSSR count). The summed E-state index contributed by atoms with van der Waals surface area (Å²) in [6.07, 6.45) is 10.5. The SMILES string of the molecule is C#CCC1(O)CC2CCCC21. The molecule has 0 aromatic carbocycles. The normalized spacial score (nSPS) is 47.6. The molecule has 60 valence electrons. The molecule has 2 aliphatic carbocycles. The lowest BCUT2D eigenvalue weighted by molar-refractivity contribution is -0.120. The van der Waals surface area contributed by atoms with E-state index in [1.807, 2.05) is 0 Å². The summed E-state index contributed by atoms with van der Waals surface area (Å²) in [7, 11) is 0. The molecule has 0 radical (unpaired) electrons. The average Bonchev–Trinajstić information content (AvgIpc) is 2.32. The number of hydrogen-bond donors (Lipinski definition) is 1. The van der Waals surface area contributed by atoms with Gasteiger partial charge in [0.15, 0.2) is 0 Å². The summed E-state index contributed by atoms with van der Waals surface area (Å²) in [5.74, 6) is 3.91. The maximum absolute atomic E-state index is 9.94. The van der Waals surface area contributed by atoms with Crippen LogP contribution in [0.4, 0.5) is 0 Å². The van der Waals surface area contributed by atoms with Crippen molar-refractivity contribution in [2.45, 2.75) is 37.7 Å². The lowest BCUT2D eigenvalue weighted by Crippen LogP contribution is -2.51. The van der Waals surface area contributed by atoms with Gasteiger partial charge >= 0.3 is 0 Å². The molecule has 1 N–H and O–H groups in total. The molecule has 3 unspecified atom stereocenters. The van der Waals surface area contributed by atoms with Crippen LogP contribution in [-0.2, 0) is 0 Å². The molecule has 2 fully saturated rings. The summed E-state index contributed by atoms with van der Waals surface area (Å²) in [5.41, 5.74) is -0.462. The summed E-state index contributed by atoms with van der Waals surface area (Å²) in [6, 6.07) is 0. The van der Waals surface area contributed by atoms with Crippen molar-refractivity contribution in [1.29, 1.82) is 0 Å². The molecule has 0 aliphatic heterocycles. The second kappa shape index (κ2) is 2.25. The standard InChI is InChI=1S/C10H14O/c1-2-6-10(11)7-8-4-3-5-9(8)10/h1,8-9,11H,3-7H2. The van der Waals surface area contributed by atoms with Crippen molar-refractivity contribution in [3.05, 3.63) is 0 Å². The zero-order chi connectivity index (χ0) is 7.90. The predicted molar refractivity (Wildman–Crippen MR) is 43.8 cm³/mol. The van der Waals surface area contributed by atoms with Gasteiger partial charge in [0, 0.05) is 6.42 Å². The second-order valence-corrected chi connectivity index (χ2v) is 3.99. The van der Waals surface area contributed by atoms with Gasteiger partial charge in [0.2, 0.25) is 0 Å². The first-order chi connectivity index (χ1) is 5.26. The Balaban J connectivity index is 2.03. The molecule has 11 heavy (non-hydrogen) atoms. The highest BCUT2D eigenvalue weighted by molar-refractivity contribution is 5.10. The van der Waals surface area contributed by atoms with E-state index >= 15 is 0 Å². The van der Waals surface area contributed by atoms with Gasteiger partial charge in [-0.05, 0) is 31.1 Å². The fourth-order valence-electron chi connectivity index (χ4n) is 2.81. The first-order valence-electron chi connectivity index (χ1n) is 4.42. The third kappa shape index (κ3) is 0.895. The Morgan fingerprint density at radius 1 is 1.55 bits per heavy atom. The smallest absolute Gasteiger partial charge is 0.0789 e. The Kier molecular flexibility index (Phi) is 1.47. The highest BCUT2D eigenvalue weighted by Crippen LogP contribution is 2.54. The molecule has 0 aromatic heterocycles. The van der Waals surface area contributed by atoms with E-state index in [1.165, 1.54) is 19.3 Å². The van der Waals surface area contributed by atoms with Crippen LogP contribution in [0.2, 0.25) is 0 Å². The number of hydrogen-bond acceptors (Lipinski definition) is 1. The molecule has 0 spiro atoms. The maximum atomic E-state index is 9.94. The molecule has 0 amide bonds. The molecule has 0 aromatic rings. The summed E-state index contributed by atoms with van der Waals surface area (Å²) in [4.78, 5) is 0. The minimum absolute atomic E-state index is 0.462. The van der Waals surface area contributed by atoms with Crippen LogP contribution in [0.1, 0.15) is 32.1 Å². The van der Waals surface area contributed by atoms with Crippen LogP contribution in [0.15, 0.2) is 0 Å². The fraction of sp³-hybridized carbons (Fsp3) is 0.800. The van der Waals surface area contributed by atoms with Crippen molar-refractivity contribution in [3.63, 3.8) is 0 Å². The van der Waals surface area contributed by atoms with Gasteiger partial charge < -0.3 is 5.11 Å². The molecule has 1 heteroatoms. The van der Waals surface area contributed by atoms with Crippen LogP contribution in [-0.4, -0.2) is 10.7 Å². The van der Waals surface area contributed by atoms with Crippen molar-refractivity contribution >= 4 is 0 Å². The van der Waals surface area contributed by atoms with E-state index in [2.05, 4.69) is 5.92 Å². The molecule has 0 heterocycles. The van der Waals surface area contributed by atoms with Crippen LogP contribution in [0.25, 0.3) is 0 Å². The molecule has 0 saturated heterocycles. The molecule has 2 saturated carbocycles. The highest BCUT2D eigenvalue weighted by atomic mass is 16.3. The number of rotatable bonds is 1. The zero-order valence-corrected chi connectivity index (χ0v) is 6.71. The Bertz CT molecular complexity index is 203. The van der Waals surface area contributed by atoms with E-state index in [-0.39, 0.29) is 0 Å². The molecular weight excluding hydrogens is 136 g/mol. The first kappa shape index (κ1) is 7.18.